The number of nitrogens with one attached hydrogen (secondary N) is 1. The van der Waals surface area contributed by atoms with Crippen molar-refractivity contribution >= 4 is 11.9 Å². The molecule has 40 heavy (non-hydrogen) atoms. The highest BCUT2D eigenvalue weighted by atomic mass is 19.4. The molecule has 1 aromatic carbocycles. The van der Waals surface area contributed by atoms with Crippen molar-refractivity contribution in [3.8, 4) is 17.3 Å². The lowest BCUT2D eigenvalue weighted by Gasteiger charge is -2.45. The number of rotatable bonds is 5. The molecule has 2 aromatic heterocycles. The number of amides is 1. The predicted molar refractivity (Wildman–Crippen MR) is 141 cm³/mol. The SMILES string of the molecule is CNc1c(C#N)c(-c2cnn(Cc3cccc(C(F)(F)F)c3)c2)nn1[C@H]1C[C@@]2(CCN(C(=O)OC(C)(C)C)C2)C1. The first-order chi connectivity index (χ1) is 18.8. The maximum atomic E-state index is 13.1. The summed E-state index contributed by atoms with van der Waals surface area (Å²) in [6, 6.07) is 7.44. The second-order valence-electron chi connectivity index (χ2n) is 11.7. The summed E-state index contributed by atoms with van der Waals surface area (Å²) in [7, 11) is 1.74. The van der Waals surface area contributed by atoms with Crippen LogP contribution in [0.1, 0.15) is 62.8 Å². The third kappa shape index (κ3) is 5.37. The van der Waals surface area contributed by atoms with Gasteiger partial charge < -0.3 is 15.0 Å². The van der Waals surface area contributed by atoms with Gasteiger partial charge in [0.1, 0.15) is 28.7 Å². The quantitative estimate of drug-likeness (QED) is 0.434. The summed E-state index contributed by atoms with van der Waals surface area (Å²) >= 11 is 0. The molecule has 212 valence electrons. The minimum absolute atomic E-state index is 0.00133. The van der Waals surface area contributed by atoms with Crippen molar-refractivity contribution in [1.82, 2.24) is 24.5 Å². The Morgan fingerprint density at radius 2 is 2.02 bits per heavy atom. The van der Waals surface area contributed by atoms with Crippen LogP contribution in [0.3, 0.4) is 0 Å². The topological polar surface area (TPSA) is 101 Å². The Morgan fingerprint density at radius 3 is 2.67 bits per heavy atom. The first-order valence-electron chi connectivity index (χ1n) is 13.2. The van der Waals surface area contributed by atoms with Crippen molar-refractivity contribution in [2.45, 2.75) is 64.4 Å². The number of carbonyl (C=O) groups is 1. The third-order valence-corrected chi connectivity index (χ3v) is 7.54. The fourth-order valence-corrected chi connectivity index (χ4v) is 5.72. The van der Waals surface area contributed by atoms with E-state index in [0.717, 1.165) is 31.4 Å². The molecule has 0 unspecified atom stereocenters. The van der Waals surface area contributed by atoms with Gasteiger partial charge in [0.15, 0.2) is 0 Å². The van der Waals surface area contributed by atoms with Crippen molar-refractivity contribution in [1.29, 1.82) is 5.26 Å². The van der Waals surface area contributed by atoms with Crippen LogP contribution < -0.4 is 5.32 Å². The molecule has 3 aromatic rings. The number of halogens is 3. The minimum atomic E-state index is -4.42. The van der Waals surface area contributed by atoms with E-state index in [1.165, 1.54) is 10.7 Å². The third-order valence-electron chi connectivity index (χ3n) is 7.54. The summed E-state index contributed by atoms with van der Waals surface area (Å²) in [5.41, 5.74) is 0.649. The molecule has 0 bridgehead atoms. The molecule has 0 radical (unpaired) electrons. The van der Waals surface area contributed by atoms with Crippen LogP contribution in [0.2, 0.25) is 0 Å². The summed E-state index contributed by atoms with van der Waals surface area (Å²) in [6.45, 7) is 6.99. The molecule has 1 saturated heterocycles. The van der Waals surface area contributed by atoms with Crippen LogP contribution in [0, 0.1) is 16.7 Å². The molecule has 3 heterocycles. The highest BCUT2D eigenvalue weighted by Gasteiger charge is 2.51. The molecule has 1 aliphatic carbocycles. The first kappa shape index (κ1) is 27.6. The lowest BCUT2D eigenvalue weighted by molar-refractivity contribution is -0.137. The zero-order valence-corrected chi connectivity index (χ0v) is 22.9. The number of hydrogen-bond donors (Lipinski definition) is 1. The zero-order valence-electron chi connectivity index (χ0n) is 22.9. The van der Waals surface area contributed by atoms with Gasteiger partial charge in [-0.1, -0.05) is 12.1 Å². The first-order valence-corrected chi connectivity index (χ1v) is 13.2. The predicted octanol–water partition coefficient (Wildman–Crippen LogP) is 5.69. The molecular weight excluding hydrogens is 523 g/mol. The second-order valence-corrected chi connectivity index (χ2v) is 11.7. The smallest absolute Gasteiger partial charge is 0.416 e. The maximum Gasteiger partial charge on any atom is 0.416 e. The van der Waals surface area contributed by atoms with Gasteiger partial charge in [0, 0.05) is 31.9 Å². The van der Waals surface area contributed by atoms with Crippen molar-refractivity contribution in [2.24, 2.45) is 5.41 Å². The van der Waals surface area contributed by atoms with Crippen molar-refractivity contribution in [3.05, 3.63) is 53.3 Å². The van der Waals surface area contributed by atoms with E-state index in [1.807, 2.05) is 25.5 Å². The monoisotopic (exact) mass is 555 g/mol. The average molecular weight is 556 g/mol. The number of benzene rings is 1. The molecule has 1 amide bonds. The van der Waals surface area contributed by atoms with Gasteiger partial charge in [-0.25, -0.2) is 9.48 Å². The standard InChI is InChI=1S/C28H32F3N7O2/c1-26(2,3)40-25(39)36-9-8-27(17-36)11-21(12-27)38-24(33-4)22(13-32)23(35-38)19-14-34-37(16-19)15-18-6-5-7-20(10-18)28(29,30)31/h5-7,10,14,16,21,33H,8-9,11-12,15,17H2,1-4H3/t21-,27-. The molecule has 1 N–H and O–H groups in total. The van der Waals surface area contributed by atoms with Gasteiger partial charge in [-0.2, -0.15) is 28.6 Å². The fraction of sp³-hybridized carbons (Fsp3) is 0.500. The van der Waals surface area contributed by atoms with Crippen LogP contribution >= 0.6 is 0 Å². The molecule has 0 atom stereocenters. The van der Waals surface area contributed by atoms with Crippen LogP contribution in [-0.2, 0) is 17.5 Å². The van der Waals surface area contributed by atoms with Crippen molar-refractivity contribution in [3.63, 3.8) is 0 Å². The van der Waals surface area contributed by atoms with E-state index in [4.69, 9.17) is 9.84 Å². The molecular formula is C28H32F3N7O2. The van der Waals surface area contributed by atoms with Gasteiger partial charge >= 0.3 is 12.3 Å². The van der Waals surface area contributed by atoms with E-state index in [-0.39, 0.29) is 24.1 Å². The van der Waals surface area contributed by atoms with Gasteiger partial charge in [0.2, 0.25) is 0 Å². The van der Waals surface area contributed by atoms with Gasteiger partial charge in [0.25, 0.3) is 0 Å². The highest BCUT2D eigenvalue weighted by Crippen LogP contribution is 2.55. The van der Waals surface area contributed by atoms with Crippen molar-refractivity contribution in [2.75, 3.05) is 25.5 Å². The second kappa shape index (κ2) is 9.87. The zero-order chi connectivity index (χ0) is 28.9. The number of carbonyl (C=O) groups excluding carboxylic acids is 1. The summed E-state index contributed by atoms with van der Waals surface area (Å²) in [6.07, 6.45) is 1.07. The minimum Gasteiger partial charge on any atom is -0.444 e. The Balaban J connectivity index is 1.32. The summed E-state index contributed by atoms with van der Waals surface area (Å²) < 4.78 is 48.2. The number of hydrogen-bond acceptors (Lipinski definition) is 6. The molecule has 5 rings (SSSR count). The van der Waals surface area contributed by atoms with Crippen LogP contribution in [0.4, 0.5) is 23.8 Å². The van der Waals surface area contributed by atoms with Crippen LogP contribution in [0.15, 0.2) is 36.7 Å². The largest absolute Gasteiger partial charge is 0.444 e. The molecule has 9 nitrogen and oxygen atoms in total. The number of aromatic nitrogens is 4. The molecule has 1 aliphatic heterocycles. The van der Waals surface area contributed by atoms with E-state index in [0.29, 0.717) is 41.3 Å². The Kier molecular flexibility index (Phi) is 6.80. The van der Waals surface area contributed by atoms with E-state index >= 15 is 0 Å². The molecule has 2 fully saturated rings. The number of nitriles is 1. The van der Waals surface area contributed by atoms with E-state index in [1.54, 1.807) is 30.4 Å². The molecule has 1 saturated carbocycles. The lowest BCUT2D eigenvalue weighted by Crippen LogP contribution is -2.43. The van der Waals surface area contributed by atoms with E-state index in [2.05, 4.69) is 16.5 Å². The Labute approximate surface area is 230 Å². The molecule has 12 heteroatoms. The molecule has 2 aliphatic rings. The van der Waals surface area contributed by atoms with Gasteiger partial charge in [-0.05, 0) is 63.1 Å². The normalized spacial score (nSPS) is 20.9. The van der Waals surface area contributed by atoms with Gasteiger partial charge in [0.05, 0.1) is 24.3 Å². The average Bonchev–Trinajstić information content (AvgIpc) is 3.58. The van der Waals surface area contributed by atoms with E-state index in [9.17, 15) is 23.2 Å². The summed E-state index contributed by atoms with van der Waals surface area (Å²) in [5, 5.41) is 22.2. The number of ether oxygens (including phenoxy) is 1. The number of anilines is 1. The number of nitrogens with zero attached hydrogens (tertiary/aromatic N) is 6. The van der Waals surface area contributed by atoms with E-state index < -0.39 is 17.3 Å². The Hall–Kier alpha value is -4.01. The maximum absolute atomic E-state index is 13.1. The summed E-state index contributed by atoms with van der Waals surface area (Å²) in [4.78, 5) is 14.3. The van der Waals surface area contributed by atoms with Crippen LogP contribution in [0.25, 0.3) is 11.3 Å². The van der Waals surface area contributed by atoms with Crippen LogP contribution in [-0.4, -0.2) is 56.3 Å². The van der Waals surface area contributed by atoms with Gasteiger partial charge in [-0.3, -0.25) is 4.68 Å². The fourth-order valence-electron chi connectivity index (χ4n) is 5.72. The Morgan fingerprint density at radius 1 is 1.27 bits per heavy atom. The molecule has 1 spiro atoms. The summed E-state index contributed by atoms with van der Waals surface area (Å²) in [5.74, 6) is 0.602. The lowest BCUT2D eigenvalue weighted by atomic mass is 9.65. The van der Waals surface area contributed by atoms with Crippen molar-refractivity contribution < 1.29 is 22.7 Å². The highest BCUT2D eigenvalue weighted by molar-refractivity contribution is 5.73. The number of likely N-dealkylation sites (tertiary alicyclic amines) is 1. The number of alkyl halides is 3. The van der Waals surface area contributed by atoms with Crippen LogP contribution in [0.5, 0.6) is 0 Å². The Bertz CT molecular complexity index is 1460. The van der Waals surface area contributed by atoms with Gasteiger partial charge in [-0.15, -0.1) is 0 Å².